The van der Waals surface area contributed by atoms with E-state index in [-0.39, 0.29) is 0 Å². The highest BCUT2D eigenvalue weighted by Crippen LogP contribution is 2.24. The first-order chi connectivity index (χ1) is 7.36. The first-order valence-electron chi connectivity index (χ1n) is 6.46. The van der Waals surface area contributed by atoms with E-state index in [4.69, 9.17) is 0 Å². The lowest BCUT2D eigenvalue weighted by atomic mass is 9.84. The van der Waals surface area contributed by atoms with E-state index in [1.807, 2.05) is 0 Å². The molecule has 1 N–H and O–H groups in total. The zero-order valence-corrected chi connectivity index (χ0v) is 11.9. The largest absolute Gasteiger partial charge is 0.317 e. The van der Waals surface area contributed by atoms with Crippen LogP contribution in [0.1, 0.15) is 27.7 Å². The Bertz CT molecular complexity index is 215. The average Bonchev–Trinajstić information content (AvgIpc) is 2.21. The summed E-state index contributed by atoms with van der Waals surface area (Å²) in [6, 6.07) is 1.24. The quantitative estimate of drug-likeness (QED) is 0.780. The number of nitrogens with one attached hydrogen (secondary N) is 1. The third kappa shape index (κ3) is 3.44. The fourth-order valence-electron chi connectivity index (χ4n) is 2.46. The molecule has 2 unspecified atom stereocenters. The predicted molar refractivity (Wildman–Crippen MR) is 70.8 cm³/mol. The molecular weight excluding hydrogens is 198 g/mol. The fraction of sp³-hybridized carbons (Fsp3) is 1.00. The average molecular weight is 227 g/mol. The molecule has 2 atom stereocenters. The van der Waals surface area contributed by atoms with Crippen LogP contribution in [-0.2, 0) is 0 Å². The van der Waals surface area contributed by atoms with E-state index in [2.05, 4.69) is 56.9 Å². The van der Waals surface area contributed by atoms with Crippen LogP contribution in [0.3, 0.4) is 0 Å². The maximum atomic E-state index is 3.38. The van der Waals surface area contributed by atoms with Gasteiger partial charge in [0.25, 0.3) is 0 Å². The number of rotatable bonds is 4. The molecule has 0 aromatic heterocycles. The summed E-state index contributed by atoms with van der Waals surface area (Å²) in [4.78, 5) is 5.06. The smallest absolute Gasteiger partial charge is 0.0195 e. The topological polar surface area (TPSA) is 18.5 Å². The van der Waals surface area contributed by atoms with E-state index in [1.165, 1.54) is 26.2 Å². The number of nitrogens with zero attached hydrogens (tertiary/aromatic N) is 2. The maximum Gasteiger partial charge on any atom is 0.0195 e. The molecule has 1 heterocycles. The number of likely N-dealkylation sites (N-methyl/N-ethyl adjacent to an activating group) is 1. The first kappa shape index (κ1) is 13.9. The lowest BCUT2D eigenvalue weighted by molar-refractivity contribution is 0.0550. The van der Waals surface area contributed by atoms with Crippen molar-refractivity contribution in [1.82, 2.24) is 15.1 Å². The Labute approximate surface area is 101 Å². The van der Waals surface area contributed by atoms with Gasteiger partial charge in [0.15, 0.2) is 0 Å². The van der Waals surface area contributed by atoms with Gasteiger partial charge in [-0.15, -0.1) is 0 Å². The molecule has 1 aliphatic rings. The van der Waals surface area contributed by atoms with E-state index < -0.39 is 0 Å². The Morgan fingerprint density at radius 1 is 1.38 bits per heavy atom. The number of hydrogen-bond acceptors (Lipinski definition) is 3. The van der Waals surface area contributed by atoms with Crippen molar-refractivity contribution in [3.63, 3.8) is 0 Å². The van der Waals surface area contributed by atoms with Gasteiger partial charge in [-0.05, 0) is 33.4 Å². The minimum Gasteiger partial charge on any atom is -0.317 e. The third-order valence-electron chi connectivity index (χ3n) is 4.18. The van der Waals surface area contributed by atoms with Crippen LogP contribution < -0.4 is 5.32 Å². The van der Waals surface area contributed by atoms with Gasteiger partial charge in [-0.1, -0.05) is 13.8 Å². The molecule has 0 saturated carbocycles. The lowest BCUT2D eigenvalue weighted by Gasteiger charge is -2.44. The summed E-state index contributed by atoms with van der Waals surface area (Å²) in [6.07, 6.45) is 0. The molecule has 16 heavy (non-hydrogen) atoms. The van der Waals surface area contributed by atoms with Crippen molar-refractivity contribution < 1.29 is 0 Å². The van der Waals surface area contributed by atoms with Crippen molar-refractivity contribution in [2.24, 2.45) is 5.41 Å². The molecule has 0 aromatic rings. The Hall–Kier alpha value is -0.120. The molecular formula is C13H29N3. The second kappa shape index (κ2) is 5.48. The molecule has 3 nitrogen and oxygen atoms in total. The fourth-order valence-corrected chi connectivity index (χ4v) is 2.46. The monoisotopic (exact) mass is 227 g/mol. The second-order valence-electron chi connectivity index (χ2n) is 6.08. The summed E-state index contributed by atoms with van der Waals surface area (Å²) in [5.74, 6) is 0. The third-order valence-corrected chi connectivity index (χ3v) is 4.18. The summed E-state index contributed by atoms with van der Waals surface area (Å²) in [5, 5.41) is 3.38. The minimum absolute atomic E-state index is 0.332. The molecule has 1 fully saturated rings. The van der Waals surface area contributed by atoms with Crippen LogP contribution in [0.4, 0.5) is 0 Å². The molecule has 1 rings (SSSR count). The SMILES string of the molecule is CNC(C)C(C)(C)CN1CCN(C)CC1C. The van der Waals surface area contributed by atoms with Gasteiger partial charge in [0, 0.05) is 38.3 Å². The predicted octanol–water partition coefficient (Wildman–Crippen LogP) is 1.26. The standard InChI is InChI=1S/C13H29N3/c1-11-9-15(6)7-8-16(11)10-13(3,4)12(2)14-5/h11-12,14H,7-10H2,1-6H3. The molecule has 0 amide bonds. The van der Waals surface area contributed by atoms with E-state index >= 15 is 0 Å². The highest BCUT2D eigenvalue weighted by atomic mass is 15.3. The molecule has 96 valence electrons. The zero-order chi connectivity index (χ0) is 12.3. The highest BCUT2D eigenvalue weighted by Gasteiger charge is 2.31. The van der Waals surface area contributed by atoms with Gasteiger partial charge in [0.2, 0.25) is 0 Å². The van der Waals surface area contributed by atoms with E-state index in [9.17, 15) is 0 Å². The van der Waals surface area contributed by atoms with E-state index in [0.29, 0.717) is 17.5 Å². The van der Waals surface area contributed by atoms with Crippen molar-refractivity contribution >= 4 is 0 Å². The summed E-state index contributed by atoms with van der Waals surface area (Å²) in [5.41, 5.74) is 0.332. The highest BCUT2D eigenvalue weighted by molar-refractivity contribution is 4.87. The van der Waals surface area contributed by atoms with Crippen molar-refractivity contribution in [3.05, 3.63) is 0 Å². The van der Waals surface area contributed by atoms with Crippen molar-refractivity contribution in [2.45, 2.75) is 39.8 Å². The molecule has 0 spiro atoms. The van der Waals surface area contributed by atoms with Crippen LogP contribution in [0, 0.1) is 5.41 Å². The maximum absolute atomic E-state index is 3.38. The van der Waals surface area contributed by atoms with E-state index in [1.54, 1.807) is 0 Å². The van der Waals surface area contributed by atoms with Crippen molar-refractivity contribution in [3.8, 4) is 0 Å². The molecule has 1 saturated heterocycles. The van der Waals surface area contributed by atoms with Crippen LogP contribution in [0.25, 0.3) is 0 Å². The van der Waals surface area contributed by atoms with Crippen LogP contribution in [-0.4, -0.2) is 62.2 Å². The van der Waals surface area contributed by atoms with Gasteiger partial charge in [0.05, 0.1) is 0 Å². The van der Waals surface area contributed by atoms with Crippen LogP contribution in [0.5, 0.6) is 0 Å². The van der Waals surface area contributed by atoms with Crippen LogP contribution >= 0.6 is 0 Å². The summed E-state index contributed by atoms with van der Waals surface area (Å²) in [7, 11) is 4.27. The van der Waals surface area contributed by atoms with Gasteiger partial charge < -0.3 is 10.2 Å². The number of piperazine rings is 1. The zero-order valence-electron chi connectivity index (χ0n) is 11.9. The van der Waals surface area contributed by atoms with E-state index in [0.717, 1.165) is 0 Å². The Balaban J connectivity index is 2.53. The Kier molecular flexibility index (Phi) is 4.77. The van der Waals surface area contributed by atoms with Crippen LogP contribution in [0.15, 0.2) is 0 Å². The van der Waals surface area contributed by atoms with Gasteiger partial charge in [-0.2, -0.15) is 0 Å². The van der Waals surface area contributed by atoms with Gasteiger partial charge >= 0.3 is 0 Å². The Morgan fingerprint density at radius 2 is 2.00 bits per heavy atom. The molecule has 0 aliphatic carbocycles. The summed E-state index contributed by atoms with van der Waals surface area (Å²) < 4.78 is 0. The van der Waals surface area contributed by atoms with Crippen LogP contribution in [0.2, 0.25) is 0 Å². The Morgan fingerprint density at radius 3 is 2.50 bits per heavy atom. The number of hydrogen-bond donors (Lipinski definition) is 1. The second-order valence-corrected chi connectivity index (χ2v) is 6.08. The normalized spacial score (nSPS) is 27.0. The summed E-state index contributed by atoms with van der Waals surface area (Å²) >= 11 is 0. The van der Waals surface area contributed by atoms with Crippen molar-refractivity contribution in [1.29, 1.82) is 0 Å². The molecule has 3 heteroatoms. The molecule has 0 bridgehead atoms. The first-order valence-corrected chi connectivity index (χ1v) is 6.46. The lowest BCUT2D eigenvalue weighted by Crippen LogP contribution is -2.55. The summed E-state index contributed by atoms with van der Waals surface area (Å²) in [6.45, 7) is 14.1. The molecule has 0 radical (unpaired) electrons. The molecule has 1 aliphatic heterocycles. The van der Waals surface area contributed by atoms with Gasteiger partial charge in [-0.3, -0.25) is 4.90 Å². The molecule has 0 aromatic carbocycles. The van der Waals surface area contributed by atoms with Crippen molar-refractivity contribution in [2.75, 3.05) is 40.3 Å². The van der Waals surface area contributed by atoms with Gasteiger partial charge in [0.1, 0.15) is 0 Å². The van der Waals surface area contributed by atoms with Gasteiger partial charge in [-0.25, -0.2) is 0 Å². The minimum atomic E-state index is 0.332.